The van der Waals surface area contributed by atoms with E-state index in [1.54, 1.807) is 30.3 Å². The van der Waals surface area contributed by atoms with E-state index in [0.717, 1.165) is 16.8 Å². The van der Waals surface area contributed by atoms with Gasteiger partial charge in [0, 0.05) is 23.0 Å². The second kappa shape index (κ2) is 6.93. The van der Waals surface area contributed by atoms with Crippen LogP contribution in [0.4, 0.5) is 11.5 Å². The van der Waals surface area contributed by atoms with Gasteiger partial charge in [0.05, 0.1) is 12.1 Å². The molecule has 0 fully saturated rings. The van der Waals surface area contributed by atoms with Gasteiger partial charge in [0.15, 0.2) is 0 Å². The quantitative estimate of drug-likeness (QED) is 0.705. The third kappa shape index (κ3) is 3.11. The summed E-state index contributed by atoms with van der Waals surface area (Å²) >= 11 is 6.26. The van der Waals surface area contributed by atoms with Gasteiger partial charge < -0.3 is 10.1 Å². The van der Waals surface area contributed by atoms with E-state index in [0.29, 0.717) is 22.2 Å². The highest BCUT2D eigenvalue weighted by molar-refractivity contribution is 6.32. The molecule has 0 saturated carbocycles. The number of hydrogen-bond acceptors (Lipinski definition) is 4. The standard InChI is InChI=1S/C21H18ClN3O2/c1-13-7-10-19(23-12-13)25-20(15-5-3-4-6-16(15)21(25)26)24-14-8-9-18(27-2)17(22)11-14/h3-12,20,24H,1-2H3. The van der Waals surface area contributed by atoms with Gasteiger partial charge in [-0.1, -0.05) is 35.9 Å². The zero-order valence-corrected chi connectivity index (χ0v) is 15.7. The maximum atomic E-state index is 13.0. The van der Waals surface area contributed by atoms with Gasteiger partial charge in [-0.3, -0.25) is 9.69 Å². The van der Waals surface area contributed by atoms with Crippen molar-refractivity contribution in [2.24, 2.45) is 0 Å². The molecule has 3 aromatic rings. The second-order valence-corrected chi connectivity index (χ2v) is 6.76. The number of amides is 1. The first-order chi connectivity index (χ1) is 13.1. The van der Waals surface area contributed by atoms with Crippen molar-refractivity contribution < 1.29 is 9.53 Å². The first kappa shape index (κ1) is 17.4. The Kier molecular flexibility index (Phi) is 4.46. The van der Waals surface area contributed by atoms with Crippen molar-refractivity contribution in [1.82, 2.24) is 4.98 Å². The summed E-state index contributed by atoms with van der Waals surface area (Å²) in [6, 6.07) is 16.8. The molecule has 1 aromatic heterocycles. The summed E-state index contributed by atoms with van der Waals surface area (Å²) in [6.07, 6.45) is 1.38. The zero-order chi connectivity index (χ0) is 19.0. The Hall–Kier alpha value is -3.05. The molecule has 1 unspecified atom stereocenters. The molecule has 0 spiro atoms. The maximum absolute atomic E-state index is 13.0. The highest BCUT2D eigenvalue weighted by Gasteiger charge is 2.38. The molecule has 2 heterocycles. The van der Waals surface area contributed by atoms with Gasteiger partial charge in [0.25, 0.3) is 5.91 Å². The van der Waals surface area contributed by atoms with Gasteiger partial charge in [-0.2, -0.15) is 0 Å². The Morgan fingerprint density at radius 3 is 2.67 bits per heavy atom. The van der Waals surface area contributed by atoms with Crippen LogP contribution in [0.3, 0.4) is 0 Å². The molecule has 0 bridgehead atoms. The topological polar surface area (TPSA) is 54.5 Å². The van der Waals surface area contributed by atoms with Crippen LogP contribution in [-0.2, 0) is 0 Å². The van der Waals surface area contributed by atoms with Crippen molar-refractivity contribution in [2.45, 2.75) is 13.1 Å². The van der Waals surface area contributed by atoms with E-state index in [1.165, 1.54) is 0 Å². The van der Waals surface area contributed by atoms with Crippen LogP contribution in [0.25, 0.3) is 0 Å². The molecule has 1 aliphatic heterocycles. The number of carbonyl (C=O) groups excluding carboxylic acids is 1. The SMILES string of the molecule is COc1ccc(NC2c3ccccc3C(=O)N2c2ccc(C)cn2)cc1Cl. The number of anilines is 2. The van der Waals surface area contributed by atoms with E-state index in [1.807, 2.05) is 49.4 Å². The van der Waals surface area contributed by atoms with Crippen molar-refractivity contribution in [3.63, 3.8) is 0 Å². The summed E-state index contributed by atoms with van der Waals surface area (Å²) in [4.78, 5) is 19.2. The number of methoxy groups -OCH3 is 1. The highest BCUT2D eigenvalue weighted by atomic mass is 35.5. The first-order valence-electron chi connectivity index (χ1n) is 8.53. The molecular weight excluding hydrogens is 362 g/mol. The van der Waals surface area contributed by atoms with Crippen LogP contribution >= 0.6 is 11.6 Å². The van der Waals surface area contributed by atoms with Crippen molar-refractivity contribution in [3.05, 3.63) is 82.5 Å². The predicted molar refractivity (Wildman–Crippen MR) is 107 cm³/mol. The zero-order valence-electron chi connectivity index (χ0n) is 14.9. The molecular formula is C21H18ClN3O2. The molecule has 0 aliphatic carbocycles. The summed E-state index contributed by atoms with van der Waals surface area (Å²) < 4.78 is 5.21. The molecule has 5 nitrogen and oxygen atoms in total. The molecule has 0 radical (unpaired) electrons. The van der Waals surface area contributed by atoms with Crippen LogP contribution in [0.5, 0.6) is 5.75 Å². The number of ether oxygens (including phenoxy) is 1. The van der Waals surface area contributed by atoms with Crippen LogP contribution < -0.4 is 15.0 Å². The number of benzene rings is 2. The molecule has 6 heteroatoms. The minimum Gasteiger partial charge on any atom is -0.495 e. The Morgan fingerprint density at radius 2 is 1.96 bits per heavy atom. The van der Waals surface area contributed by atoms with Crippen molar-refractivity contribution in [2.75, 3.05) is 17.3 Å². The number of fused-ring (bicyclic) bond motifs is 1. The fourth-order valence-corrected chi connectivity index (χ4v) is 3.47. The van der Waals surface area contributed by atoms with E-state index >= 15 is 0 Å². The average Bonchev–Trinajstić information content (AvgIpc) is 2.95. The summed E-state index contributed by atoms with van der Waals surface area (Å²) in [5, 5.41) is 3.91. The number of aromatic nitrogens is 1. The Morgan fingerprint density at radius 1 is 1.15 bits per heavy atom. The molecule has 136 valence electrons. The van der Waals surface area contributed by atoms with Gasteiger partial charge in [0.1, 0.15) is 17.7 Å². The van der Waals surface area contributed by atoms with E-state index in [9.17, 15) is 4.79 Å². The number of pyridine rings is 1. The Bertz CT molecular complexity index is 1000. The minimum atomic E-state index is -0.381. The van der Waals surface area contributed by atoms with Gasteiger partial charge in [0.2, 0.25) is 0 Å². The predicted octanol–water partition coefficient (Wildman–Crippen LogP) is 4.82. The van der Waals surface area contributed by atoms with Gasteiger partial charge >= 0.3 is 0 Å². The molecule has 2 aromatic carbocycles. The molecule has 27 heavy (non-hydrogen) atoms. The molecule has 1 aliphatic rings. The van der Waals surface area contributed by atoms with Crippen LogP contribution in [0.1, 0.15) is 27.7 Å². The highest BCUT2D eigenvalue weighted by Crippen LogP contribution is 2.38. The number of carbonyl (C=O) groups is 1. The van der Waals surface area contributed by atoms with Gasteiger partial charge in [-0.15, -0.1) is 0 Å². The van der Waals surface area contributed by atoms with Crippen molar-refractivity contribution in [3.8, 4) is 5.75 Å². The lowest BCUT2D eigenvalue weighted by Crippen LogP contribution is -2.32. The fourth-order valence-electron chi connectivity index (χ4n) is 3.21. The van der Waals surface area contributed by atoms with Gasteiger partial charge in [-0.25, -0.2) is 4.98 Å². The number of halogens is 1. The molecule has 4 rings (SSSR count). The number of hydrogen-bond donors (Lipinski definition) is 1. The monoisotopic (exact) mass is 379 g/mol. The Labute approximate surface area is 162 Å². The molecule has 1 N–H and O–H groups in total. The van der Waals surface area contributed by atoms with E-state index in [2.05, 4.69) is 10.3 Å². The van der Waals surface area contributed by atoms with E-state index < -0.39 is 0 Å². The van der Waals surface area contributed by atoms with Crippen LogP contribution in [0.15, 0.2) is 60.8 Å². The van der Waals surface area contributed by atoms with Crippen LogP contribution in [-0.4, -0.2) is 18.0 Å². The number of aryl methyl sites for hydroxylation is 1. The normalized spacial score (nSPS) is 15.6. The second-order valence-electron chi connectivity index (χ2n) is 6.35. The summed E-state index contributed by atoms with van der Waals surface area (Å²) in [7, 11) is 1.57. The van der Waals surface area contributed by atoms with Gasteiger partial charge in [-0.05, 0) is 42.8 Å². The lowest BCUT2D eigenvalue weighted by molar-refractivity contribution is 0.0992. The number of rotatable bonds is 4. The number of nitrogens with one attached hydrogen (secondary N) is 1. The maximum Gasteiger partial charge on any atom is 0.261 e. The molecule has 0 saturated heterocycles. The summed E-state index contributed by atoms with van der Waals surface area (Å²) in [5.41, 5.74) is 3.38. The van der Waals surface area contributed by atoms with Crippen LogP contribution in [0, 0.1) is 6.92 Å². The van der Waals surface area contributed by atoms with Crippen LogP contribution in [0.2, 0.25) is 5.02 Å². The third-order valence-corrected chi connectivity index (χ3v) is 4.86. The minimum absolute atomic E-state index is 0.0842. The Balaban J connectivity index is 1.75. The fraction of sp³-hybridized carbons (Fsp3) is 0.143. The third-order valence-electron chi connectivity index (χ3n) is 4.56. The number of nitrogens with zero attached hydrogens (tertiary/aromatic N) is 2. The lowest BCUT2D eigenvalue weighted by atomic mass is 10.1. The van der Waals surface area contributed by atoms with Crippen molar-refractivity contribution in [1.29, 1.82) is 0 Å². The smallest absolute Gasteiger partial charge is 0.261 e. The lowest BCUT2D eigenvalue weighted by Gasteiger charge is -2.26. The van der Waals surface area contributed by atoms with Crippen molar-refractivity contribution >= 4 is 29.0 Å². The molecule has 1 atom stereocenters. The van der Waals surface area contributed by atoms with E-state index in [-0.39, 0.29) is 12.1 Å². The van der Waals surface area contributed by atoms with E-state index in [4.69, 9.17) is 16.3 Å². The summed E-state index contributed by atoms with van der Waals surface area (Å²) in [6.45, 7) is 1.96. The molecule has 1 amide bonds. The largest absolute Gasteiger partial charge is 0.495 e. The first-order valence-corrected chi connectivity index (χ1v) is 8.91. The summed E-state index contributed by atoms with van der Waals surface area (Å²) in [5.74, 6) is 1.11. The average molecular weight is 380 g/mol.